The summed E-state index contributed by atoms with van der Waals surface area (Å²) in [5.74, 6) is -0.880. The van der Waals surface area contributed by atoms with Crippen molar-refractivity contribution in [1.29, 1.82) is 0 Å². The summed E-state index contributed by atoms with van der Waals surface area (Å²) in [7, 11) is 0. The molecule has 6 nitrogen and oxygen atoms in total. The van der Waals surface area contributed by atoms with Gasteiger partial charge in [-0.25, -0.2) is 0 Å². The predicted octanol–water partition coefficient (Wildman–Crippen LogP) is 6.76. The van der Waals surface area contributed by atoms with Crippen molar-refractivity contribution in [3.8, 4) is 16.9 Å². The summed E-state index contributed by atoms with van der Waals surface area (Å²) in [4.78, 5) is 24.1. The molecule has 1 unspecified atom stereocenters. The lowest BCUT2D eigenvalue weighted by Crippen LogP contribution is -2.18. The van der Waals surface area contributed by atoms with Gasteiger partial charge in [0.05, 0.1) is 29.6 Å². The van der Waals surface area contributed by atoms with Crippen molar-refractivity contribution in [2.24, 2.45) is 11.8 Å². The maximum atomic E-state index is 13.1. The van der Waals surface area contributed by atoms with E-state index in [2.05, 4.69) is 0 Å². The molecule has 0 bridgehead atoms. The number of benzene rings is 2. The largest absolute Gasteiger partial charge is 0.486 e. The maximum absolute atomic E-state index is 13.1. The van der Waals surface area contributed by atoms with Crippen molar-refractivity contribution in [3.05, 3.63) is 57.6 Å². The molecule has 0 saturated heterocycles. The number of rotatable bonds is 10. The average Bonchev–Trinajstić information content (AvgIpc) is 3.59. The van der Waals surface area contributed by atoms with Crippen LogP contribution in [0.3, 0.4) is 0 Å². The zero-order valence-electron chi connectivity index (χ0n) is 19.4. The molecule has 2 aromatic rings. The van der Waals surface area contributed by atoms with E-state index in [1.165, 1.54) is 18.2 Å². The molecule has 1 saturated carbocycles. The Balaban J connectivity index is 2.17. The number of halogens is 3. The molecule has 2 aromatic carbocycles. The van der Waals surface area contributed by atoms with Crippen molar-refractivity contribution in [2.75, 3.05) is 13.2 Å². The summed E-state index contributed by atoms with van der Waals surface area (Å²) in [5, 5.41) is 12.0. The quantitative estimate of drug-likeness (QED) is 0.214. The van der Waals surface area contributed by atoms with Gasteiger partial charge >= 0.3 is 17.8 Å². The van der Waals surface area contributed by atoms with Gasteiger partial charge in [-0.3, -0.25) is 14.9 Å². The molecule has 0 aromatic heterocycles. The molecule has 0 heterocycles. The summed E-state index contributed by atoms with van der Waals surface area (Å²) >= 11 is 0. The SMILES string of the molecule is CCOC(=O)C(CC(C)C)c1cc(-c2ccc(C(F)(F)F)cc2)c(OCC2CC2)c([N+](=O)[O-])c1. The van der Waals surface area contributed by atoms with E-state index >= 15 is 0 Å². The molecule has 1 aliphatic carbocycles. The van der Waals surface area contributed by atoms with Crippen molar-refractivity contribution < 1.29 is 32.4 Å². The van der Waals surface area contributed by atoms with Gasteiger partial charge < -0.3 is 9.47 Å². The number of hydrogen-bond donors (Lipinski definition) is 0. The monoisotopic (exact) mass is 479 g/mol. The normalized spacial score (nSPS) is 14.7. The van der Waals surface area contributed by atoms with Crippen LogP contribution in [-0.4, -0.2) is 24.1 Å². The van der Waals surface area contributed by atoms with E-state index < -0.39 is 28.6 Å². The van der Waals surface area contributed by atoms with Gasteiger partial charge in [-0.2, -0.15) is 13.2 Å². The number of alkyl halides is 3. The number of nitro groups is 1. The summed E-state index contributed by atoms with van der Waals surface area (Å²) in [6, 6.07) is 7.29. The van der Waals surface area contributed by atoms with E-state index in [-0.39, 0.29) is 36.1 Å². The average molecular weight is 479 g/mol. The molecule has 1 atom stereocenters. The molecule has 0 spiro atoms. The highest BCUT2D eigenvalue weighted by atomic mass is 19.4. The second kappa shape index (κ2) is 10.4. The molecule has 0 radical (unpaired) electrons. The Morgan fingerprint density at radius 2 is 1.82 bits per heavy atom. The van der Waals surface area contributed by atoms with Crippen LogP contribution in [0.2, 0.25) is 0 Å². The van der Waals surface area contributed by atoms with Crippen LogP contribution in [0.4, 0.5) is 18.9 Å². The van der Waals surface area contributed by atoms with Crippen LogP contribution in [0, 0.1) is 22.0 Å². The van der Waals surface area contributed by atoms with E-state index in [0.717, 1.165) is 25.0 Å². The first-order valence-electron chi connectivity index (χ1n) is 11.3. The fourth-order valence-electron chi connectivity index (χ4n) is 3.75. The highest BCUT2D eigenvalue weighted by Crippen LogP contribution is 2.44. The van der Waals surface area contributed by atoms with Gasteiger partial charge in [-0.05, 0) is 67.3 Å². The molecule has 0 N–H and O–H groups in total. The molecule has 1 aliphatic rings. The van der Waals surface area contributed by atoms with Crippen molar-refractivity contribution in [1.82, 2.24) is 0 Å². The van der Waals surface area contributed by atoms with E-state index in [1.807, 2.05) is 13.8 Å². The van der Waals surface area contributed by atoms with Crippen molar-refractivity contribution in [2.45, 2.75) is 52.1 Å². The standard InChI is InChI=1S/C25H28F3NO5/c1-4-33-24(30)21(11-15(2)3)18-12-20(17-7-9-19(10-8-17)25(26,27)28)23(22(13-18)29(31)32)34-14-16-5-6-16/h7-10,12-13,15-16,21H,4-6,11,14H2,1-3H3. The molecule has 3 rings (SSSR count). The number of carbonyl (C=O) groups is 1. The van der Waals surface area contributed by atoms with Gasteiger partial charge in [-0.1, -0.05) is 26.0 Å². The van der Waals surface area contributed by atoms with Gasteiger partial charge in [-0.15, -0.1) is 0 Å². The van der Waals surface area contributed by atoms with Crippen LogP contribution in [-0.2, 0) is 15.7 Å². The molecule has 34 heavy (non-hydrogen) atoms. The van der Waals surface area contributed by atoms with Gasteiger partial charge in [0.25, 0.3) is 0 Å². The van der Waals surface area contributed by atoms with E-state index in [4.69, 9.17) is 9.47 Å². The minimum Gasteiger partial charge on any atom is -0.486 e. The van der Waals surface area contributed by atoms with Crippen molar-refractivity contribution in [3.63, 3.8) is 0 Å². The zero-order valence-corrected chi connectivity index (χ0v) is 19.4. The highest BCUT2D eigenvalue weighted by molar-refractivity contribution is 5.82. The summed E-state index contributed by atoms with van der Waals surface area (Å²) < 4.78 is 50.3. The Bertz CT molecular complexity index is 1030. The van der Waals surface area contributed by atoms with E-state index in [1.54, 1.807) is 13.0 Å². The second-order valence-corrected chi connectivity index (χ2v) is 8.94. The molecule has 9 heteroatoms. The minimum atomic E-state index is -4.51. The zero-order chi connectivity index (χ0) is 25.0. The lowest BCUT2D eigenvalue weighted by atomic mass is 9.87. The Morgan fingerprint density at radius 3 is 2.32 bits per heavy atom. The maximum Gasteiger partial charge on any atom is 0.416 e. The van der Waals surface area contributed by atoms with Gasteiger partial charge in [0.1, 0.15) is 0 Å². The number of esters is 1. The van der Waals surface area contributed by atoms with Crippen LogP contribution in [0.5, 0.6) is 5.75 Å². The summed E-state index contributed by atoms with van der Waals surface area (Å²) in [5.41, 5.74) is -0.183. The minimum absolute atomic E-state index is 0.00688. The summed E-state index contributed by atoms with van der Waals surface area (Å²) in [6.07, 6.45) is -2.20. The van der Waals surface area contributed by atoms with Crippen LogP contribution < -0.4 is 4.74 Å². The molecular formula is C25H28F3NO5. The smallest absolute Gasteiger partial charge is 0.416 e. The summed E-state index contributed by atoms with van der Waals surface area (Å²) in [6.45, 7) is 5.95. The van der Waals surface area contributed by atoms with Gasteiger partial charge in [0, 0.05) is 11.6 Å². The Morgan fingerprint density at radius 1 is 1.18 bits per heavy atom. The van der Waals surface area contributed by atoms with E-state index in [0.29, 0.717) is 23.5 Å². The first-order chi connectivity index (χ1) is 16.0. The Kier molecular flexibility index (Phi) is 7.84. The second-order valence-electron chi connectivity index (χ2n) is 8.94. The number of hydrogen-bond acceptors (Lipinski definition) is 5. The third-order valence-electron chi connectivity index (χ3n) is 5.65. The van der Waals surface area contributed by atoms with Gasteiger partial charge in [0.15, 0.2) is 0 Å². The van der Waals surface area contributed by atoms with Crippen LogP contribution in [0.1, 0.15) is 57.1 Å². The van der Waals surface area contributed by atoms with Gasteiger partial charge in [0.2, 0.25) is 5.75 Å². The predicted molar refractivity (Wildman–Crippen MR) is 121 cm³/mol. The Hall–Kier alpha value is -3.10. The molecular weight excluding hydrogens is 451 g/mol. The molecule has 1 fully saturated rings. The number of nitro benzene ring substituents is 1. The number of nitrogens with zero attached hydrogens (tertiary/aromatic N) is 1. The highest BCUT2D eigenvalue weighted by Gasteiger charge is 2.33. The molecule has 0 amide bonds. The first kappa shape index (κ1) is 25.5. The molecule has 184 valence electrons. The third kappa shape index (κ3) is 6.27. The fraction of sp³-hybridized carbons (Fsp3) is 0.480. The topological polar surface area (TPSA) is 78.7 Å². The van der Waals surface area contributed by atoms with Crippen LogP contribution >= 0.6 is 0 Å². The van der Waals surface area contributed by atoms with Crippen LogP contribution in [0.15, 0.2) is 36.4 Å². The third-order valence-corrected chi connectivity index (χ3v) is 5.65. The van der Waals surface area contributed by atoms with Crippen LogP contribution in [0.25, 0.3) is 11.1 Å². The molecule has 0 aliphatic heterocycles. The first-order valence-corrected chi connectivity index (χ1v) is 11.3. The number of carbonyl (C=O) groups excluding carboxylic acids is 1. The number of ether oxygens (including phenoxy) is 2. The fourth-order valence-corrected chi connectivity index (χ4v) is 3.75. The van der Waals surface area contributed by atoms with Crippen molar-refractivity contribution >= 4 is 11.7 Å². The lowest BCUT2D eigenvalue weighted by Gasteiger charge is -2.20. The Labute approximate surface area is 196 Å². The van der Waals surface area contributed by atoms with E-state index in [9.17, 15) is 28.1 Å². The lowest BCUT2D eigenvalue weighted by molar-refractivity contribution is -0.385.